The van der Waals surface area contributed by atoms with E-state index in [9.17, 15) is 4.79 Å². The molecule has 122 valence electrons. The second-order valence-corrected chi connectivity index (χ2v) is 7.06. The van der Waals surface area contributed by atoms with Crippen LogP contribution in [-0.2, 0) is 19.4 Å². The van der Waals surface area contributed by atoms with Crippen molar-refractivity contribution in [3.8, 4) is 0 Å². The third-order valence-corrected chi connectivity index (χ3v) is 4.90. The molecule has 0 amide bonds. The minimum absolute atomic E-state index is 0.0477. The van der Waals surface area contributed by atoms with Gasteiger partial charge in [-0.3, -0.25) is 9.36 Å². The van der Waals surface area contributed by atoms with Gasteiger partial charge in [-0.05, 0) is 54.5 Å². The molecule has 2 aromatic heterocycles. The van der Waals surface area contributed by atoms with Crippen molar-refractivity contribution in [1.29, 1.82) is 0 Å². The lowest BCUT2D eigenvalue weighted by Crippen LogP contribution is -2.23. The van der Waals surface area contributed by atoms with Crippen LogP contribution < -0.4 is 5.56 Å². The molecule has 4 nitrogen and oxygen atoms in total. The molecular formula is C19H18ClN3O. The summed E-state index contributed by atoms with van der Waals surface area (Å²) in [5.41, 5.74) is 3.77. The first kappa shape index (κ1) is 15.3. The van der Waals surface area contributed by atoms with Crippen LogP contribution in [0.4, 0.5) is 0 Å². The minimum atomic E-state index is -0.0477. The Morgan fingerprint density at radius 2 is 2.21 bits per heavy atom. The number of aryl methyl sites for hydroxylation is 1. The number of halogens is 1. The van der Waals surface area contributed by atoms with Crippen LogP contribution in [0.3, 0.4) is 0 Å². The fourth-order valence-electron chi connectivity index (χ4n) is 3.37. The minimum Gasteiger partial charge on any atom is -0.294 e. The Bertz CT molecular complexity index is 980. The van der Waals surface area contributed by atoms with Crippen molar-refractivity contribution in [2.24, 2.45) is 5.92 Å². The largest absolute Gasteiger partial charge is 0.294 e. The molecule has 0 aliphatic heterocycles. The lowest BCUT2D eigenvalue weighted by atomic mass is 9.87. The second-order valence-electron chi connectivity index (χ2n) is 6.62. The average molecular weight is 340 g/mol. The van der Waals surface area contributed by atoms with Gasteiger partial charge < -0.3 is 0 Å². The zero-order chi connectivity index (χ0) is 16.7. The predicted molar refractivity (Wildman–Crippen MR) is 95.5 cm³/mol. The number of fused-ring (bicyclic) bond motifs is 2. The van der Waals surface area contributed by atoms with Crippen LogP contribution in [0, 0.1) is 5.92 Å². The topological polar surface area (TPSA) is 47.8 Å². The first-order valence-electron chi connectivity index (χ1n) is 8.22. The van der Waals surface area contributed by atoms with Crippen LogP contribution in [0.15, 0.2) is 41.5 Å². The van der Waals surface area contributed by atoms with E-state index in [0.717, 1.165) is 30.5 Å². The molecule has 0 radical (unpaired) electrons. The number of nitrogens with zero attached hydrogens (tertiary/aromatic N) is 3. The third-order valence-electron chi connectivity index (χ3n) is 4.67. The van der Waals surface area contributed by atoms with E-state index in [2.05, 4.69) is 16.9 Å². The Morgan fingerprint density at radius 3 is 3.04 bits per heavy atom. The Hall–Kier alpha value is -2.20. The molecule has 1 aliphatic carbocycles. The van der Waals surface area contributed by atoms with E-state index in [1.165, 1.54) is 5.56 Å². The maximum Gasteiger partial charge on any atom is 0.263 e. The first-order valence-corrected chi connectivity index (χ1v) is 8.60. The Kier molecular flexibility index (Phi) is 3.85. The van der Waals surface area contributed by atoms with Crippen molar-refractivity contribution in [2.75, 3.05) is 0 Å². The van der Waals surface area contributed by atoms with Gasteiger partial charge in [0.15, 0.2) is 5.65 Å². The maximum atomic E-state index is 12.8. The van der Waals surface area contributed by atoms with Crippen LogP contribution in [-0.4, -0.2) is 14.5 Å². The van der Waals surface area contributed by atoms with Gasteiger partial charge in [0.05, 0.1) is 11.9 Å². The van der Waals surface area contributed by atoms with Gasteiger partial charge in [-0.15, -0.1) is 0 Å². The van der Waals surface area contributed by atoms with Crippen molar-refractivity contribution in [3.63, 3.8) is 0 Å². The van der Waals surface area contributed by atoms with Crippen molar-refractivity contribution in [3.05, 3.63) is 68.9 Å². The fourth-order valence-corrected chi connectivity index (χ4v) is 3.58. The van der Waals surface area contributed by atoms with Crippen molar-refractivity contribution >= 4 is 22.6 Å². The predicted octanol–water partition coefficient (Wildman–Crippen LogP) is 3.62. The molecule has 0 spiro atoms. The van der Waals surface area contributed by atoms with E-state index >= 15 is 0 Å². The summed E-state index contributed by atoms with van der Waals surface area (Å²) in [4.78, 5) is 21.9. The number of aromatic nitrogens is 3. The summed E-state index contributed by atoms with van der Waals surface area (Å²) in [5.74, 6) is 0.641. The highest BCUT2D eigenvalue weighted by atomic mass is 35.5. The van der Waals surface area contributed by atoms with Gasteiger partial charge in [-0.1, -0.05) is 30.7 Å². The number of hydrogen-bond donors (Lipinski definition) is 0. The molecule has 1 unspecified atom stereocenters. The normalized spacial score (nSPS) is 17.0. The molecule has 1 atom stereocenters. The lowest BCUT2D eigenvalue weighted by molar-refractivity contribution is 0.495. The molecule has 0 saturated heterocycles. The molecular weight excluding hydrogens is 322 g/mol. The summed E-state index contributed by atoms with van der Waals surface area (Å²) in [6, 6.07) is 9.53. The van der Waals surface area contributed by atoms with Crippen molar-refractivity contribution < 1.29 is 0 Å². The molecule has 1 aromatic carbocycles. The van der Waals surface area contributed by atoms with Gasteiger partial charge in [0.1, 0.15) is 6.33 Å². The molecule has 0 fully saturated rings. The summed E-state index contributed by atoms with van der Waals surface area (Å²) in [5, 5.41) is 1.27. The highest BCUT2D eigenvalue weighted by Gasteiger charge is 2.18. The second kappa shape index (κ2) is 6.02. The van der Waals surface area contributed by atoms with E-state index < -0.39 is 0 Å². The third kappa shape index (κ3) is 2.82. The van der Waals surface area contributed by atoms with Crippen LogP contribution in [0.2, 0.25) is 5.02 Å². The smallest absolute Gasteiger partial charge is 0.263 e. The van der Waals surface area contributed by atoms with E-state index in [-0.39, 0.29) is 5.56 Å². The molecule has 1 aliphatic rings. The Balaban J connectivity index is 1.78. The van der Waals surface area contributed by atoms with E-state index in [1.54, 1.807) is 10.9 Å². The van der Waals surface area contributed by atoms with Crippen LogP contribution in [0.1, 0.15) is 30.2 Å². The van der Waals surface area contributed by atoms with Crippen LogP contribution >= 0.6 is 11.6 Å². The monoisotopic (exact) mass is 339 g/mol. The summed E-state index contributed by atoms with van der Waals surface area (Å²) < 4.78 is 1.62. The van der Waals surface area contributed by atoms with Crippen molar-refractivity contribution in [1.82, 2.24) is 14.5 Å². The van der Waals surface area contributed by atoms with E-state index in [4.69, 9.17) is 11.6 Å². The van der Waals surface area contributed by atoms with Gasteiger partial charge in [0.2, 0.25) is 0 Å². The van der Waals surface area contributed by atoms with E-state index in [1.807, 2.05) is 30.3 Å². The summed E-state index contributed by atoms with van der Waals surface area (Å²) in [6.45, 7) is 2.70. The quantitative estimate of drug-likeness (QED) is 0.716. The zero-order valence-corrected chi connectivity index (χ0v) is 14.3. The first-order chi connectivity index (χ1) is 11.6. The van der Waals surface area contributed by atoms with E-state index in [0.29, 0.717) is 28.5 Å². The Labute approximate surface area is 145 Å². The van der Waals surface area contributed by atoms with Gasteiger partial charge >= 0.3 is 0 Å². The summed E-state index contributed by atoms with van der Waals surface area (Å²) >= 11 is 6.03. The highest BCUT2D eigenvalue weighted by Crippen LogP contribution is 2.25. The molecule has 2 heterocycles. The molecule has 0 N–H and O–H groups in total. The molecule has 0 saturated carbocycles. The summed E-state index contributed by atoms with van der Waals surface area (Å²) in [6.07, 6.45) is 4.69. The highest BCUT2D eigenvalue weighted by molar-refractivity contribution is 6.30. The van der Waals surface area contributed by atoms with Gasteiger partial charge in [-0.25, -0.2) is 9.97 Å². The zero-order valence-electron chi connectivity index (χ0n) is 13.5. The SMILES string of the molecule is CC1CCc2nc3ncn(Cc4cccc(Cl)c4)c(=O)c3cc2C1. The lowest BCUT2D eigenvalue weighted by Gasteiger charge is -2.20. The van der Waals surface area contributed by atoms with Crippen LogP contribution in [0.5, 0.6) is 0 Å². The number of rotatable bonds is 2. The molecule has 24 heavy (non-hydrogen) atoms. The van der Waals surface area contributed by atoms with Crippen molar-refractivity contribution in [2.45, 2.75) is 32.7 Å². The Morgan fingerprint density at radius 1 is 1.33 bits per heavy atom. The number of benzene rings is 1. The van der Waals surface area contributed by atoms with Gasteiger partial charge in [0, 0.05) is 10.7 Å². The summed E-state index contributed by atoms with van der Waals surface area (Å²) in [7, 11) is 0. The molecule has 0 bridgehead atoms. The molecule has 4 rings (SSSR count). The van der Waals surface area contributed by atoms with Gasteiger partial charge in [0.25, 0.3) is 5.56 Å². The van der Waals surface area contributed by atoms with Crippen LogP contribution in [0.25, 0.3) is 11.0 Å². The number of pyridine rings is 1. The molecule has 5 heteroatoms. The fraction of sp³-hybridized carbons (Fsp3) is 0.316. The standard InChI is InChI=1S/C19H18ClN3O/c1-12-5-6-17-14(7-12)9-16-18(22-17)21-11-23(19(16)24)10-13-3-2-4-15(20)8-13/h2-4,8-9,11-12H,5-7,10H2,1H3. The number of hydrogen-bond acceptors (Lipinski definition) is 3. The average Bonchev–Trinajstić information content (AvgIpc) is 2.56. The maximum absolute atomic E-state index is 12.8. The van der Waals surface area contributed by atoms with Gasteiger partial charge in [-0.2, -0.15) is 0 Å². The molecule has 3 aromatic rings.